The molecular formula is C18H26N3O6+. The normalized spacial score (nSPS) is 11.2. The molecule has 0 aliphatic heterocycles. The van der Waals surface area contributed by atoms with Gasteiger partial charge in [0.1, 0.15) is 0 Å². The van der Waals surface area contributed by atoms with E-state index in [1.165, 1.54) is 0 Å². The predicted octanol–water partition coefficient (Wildman–Crippen LogP) is -0.0207. The Morgan fingerprint density at radius 3 is 2.19 bits per heavy atom. The van der Waals surface area contributed by atoms with Crippen LogP contribution in [0.2, 0.25) is 0 Å². The van der Waals surface area contributed by atoms with Crippen molar-refractivity contribution in [2.75, 3.05) is 38.2 Å². The molecule has 3 N–H and O–H groups in total. The zero-order valence-electron chi connectivity index (χ0n) is 15.8. The third-order valence-corrected chi connectivity index (χ3v) is 3.53. The molecule has 0 spiro atoms. The number of alkyl carbamates (subject to hydrolysis) is 1. The highest BCUT2D eigenvalue weighted by atomic mass is 16.5. The molecule has 148 valence electrons. The van der Waals surface area contributed by atoms with Gasteiger partial charge in [0.2, 0.25) is 0 Å². The van der Waals surface area contributed by atoms with Gasteiger partial charge in [0.15, 0.2) is 13.1 Å². The van der Waals surface area contributed by atoms with Gasteiger partial charge < -0.3 is 19.7 Å². The third-order valence-electron chi connectivity index (χ3n) is 3.53. The van der Waals surface area contributed by atoms with Gasteiger partial charge in [-0.05, 0) is 32.9 Å². The summed E-state index contributed by atoms with van der Waals surface area (Å²) < 4.78 is 9.61. The van der Waals surface area contributed by atoms with Crippen molar-refractivity contribution in [3.05, 3.63) is 29.8 Å². The molecule has 0 aliphatic rings. The maximum atomic E-state index is 12.3. The second-order valence-electron chi connectivity index (χ2n) is 5.54. The summed E-state index contributed by atoms with van der Waals surface area (Å²) in [5, 5.41) is 4.76. The number of quaternary nitrogens is 1. The number of benzene rings is 1. The summed E-state index contributed by atoms with van der Waals surface area (Å²) in [4.78, 5) is 48.0. The van der Waals surface area contributed by atoms with E-state index in [4.69, 9.17) is 4.74 Å². The van der Waals surface area contributed by atoms with Crippen molar-refractivity contribution in [1.82, 2.24) is 5.32 Å². The molecule has 0 aliphatic carbocycles. The van der Waals surface area contributed by atoms with Crippen molar-refractivity contribution >= 4 is 29.6 Å². The zero-order chi connectivity index (χ0) is 20.2. The van der Waals surface area contributed by atoms with E-state index in [1.807, 2.05) is 6.92 Å². The van der Waals surface area contributed by atoms with Crippen molar-refractivity contribution in [1.29, 1.82) is 0 Å². The molecule has 9 nitrogen and oxygen atoms in total. The molecule has 1 aromatic carbocycles. The molecule has 0 radical (unpaired) electrons. The molecule has 0 fully saturated rings. The first-order chi connectivity index (χ1) is 12.9. The van der Waals surface area contributed by atoms with Gasteiger partial charge in [0, 0.05) is 0 Å². The quantitative estimate of drug-likeness (QED) is 0.519. The molecule has 0 saturated carbocycles. The fourth-order valence-electron chi connectivity index (χ4n) is 2.27. The van der Waals surface area contributed by atoms with Crippen molar-refractivity contribution in [2.45, 2.75) is 20.8 Å². The Balaban J connectivity index is 2.66. The molecule has 1 rings (SSSR count). The Morgan fingerprint density at radius 2 is 1.56 bits per heavy atom. The SMILES string of the molecule is CCOC(=O)NC(=O)C[NH+](CC)CC(=O)Nc1ccccc1C(=O)OCC. The van der Waals surface area contributed by atoms with E-state index >= 15 is 0 Å². The first kappa shape index (κ1) is 22.1. The van der Waals surface area contributed by atoms with E-state index < -0.39 is 18.0 Å². The molecule has 9 heteroatoms. The fourth-order valence-corrected chi connectivity index (χ4v) is 2.27. The minimum absolute atomic E-state index is 0.0100. The van der Waals surface area contributed by atoms with E-state index in [0.717, 1.165) is 0 Å². The maximum Gasteiger partial charge on any atom is 0.414 e. The second kappa shape index (κ2) is 11.6. The van der Waals surface area contributed by atoms with Crippen LogP contribution in [0.5, 0.6) is 0 Å². The molecule has 0 aromatic heterocycles. The maximum absolute atomic E-state index is 12.3. The molecular weight excluding hydrogens is 354 g/mol. The van der Waals surface area contributed by atoms with Crippen LogP contribution in [-0.4, -0.2) is 56.7 Å². The summed E-state index contributed by atoms with van der Waals surface area (Å²) >= 11 is 0. The van der Waals surface area contributed by atoms with Gasteiger partial charge >= 0.3 is 12.1 Å². The highest BCUT2D eigenvalue weighted by molar-refractivity contribution is 6.01. The van der Waals surface area contributed by atoms with Gasteiger partial charge in [0.25, 0.3) is 11.8 Å². The smallest absolute Gasteiger partial charge is 0.414 e. The summed E-state index contributed by atoms with van der Waals surface area (Å²) in [6.45, 7) is 5.94. The number of imide groups is 1. The van der Waals surface area contributed by atoms with Crippen LogP contribution >= 0.6 is 0 Å². The molecule has 1 atom stereocenters. The standard InChI is InChI=1S/C18H25N3O6/c1-4-21(12-16(23)20-18(25)27-6-3)11-15(22)19-14-10-8-7-9-13(14)17(24)26-5-2/h7-10H,4-6,11-12H2,1-3H3,(H,19,22)(H,20,23,25)/p+1. The van der Waals surface area contributed by atoms with Crippen molar-refractivity contribution in [3.63, 3.8) is 0 Å². The van der Waals surface area contributed by atoms with Crippen molar-refractivity contribution in [2.24, 2.45) is 0 Å². The zero-order valence-corrected chi connectivity index (χ0v) is 15.8. The number of hydrogen-bond donors (Lipinski definition) is 3. The molecule has 27 heavy (non-hydrogen) atoms. The minimum atomic E-state index is -0.814. The average Bonchev–Trinajstić information content (AvgIpc) is 2.61. The number of nitrogens with one attached hydrogen (secondary N) is 3. The molecule has 1 aromatic rings. The Hall–Kier alpha value is -2.94. The van der Waals surface area contributed by atoms with Gasteiger partial charge in [-0.3, -0.25) is 14.9 Å². The van der Waals surface area contributed by atoms with Crippen LogP contribution in [0.1, 0.15) is 31.1 Å². The minimum Gasteiger partial charge on any atom is -0.462 e. The molecule has 0 bridgehead atoms. The van der Waals surface area contributed by atoms with Crippen LogP contribution in [0.15, 0.2) is 24.3 Å². The average molecular weight is 380 g/mol. The number of hydrogen-bond acceptors (Lipinski definition) is 6. The van der Waals surface area contributed by atoms with Crippen LogP contribution in [-0.2, 0) is 19.1 Å². The Morgan fingerprint density at radius 1 is 0.926 bits per heavy atom. The van der Waals surface area contributed by atoms with E-state index in [2.05, 4.69) is 15.4 Å². The van der Waals surface area contributed by atoms with Crippen molar-refractivity contribution < 1.29 is 33.6 Å². The summed E-state index contributed by atoms with van der Waals surface area (Å²) in [7, 11) is 0. The summed E-state index contributed by atoms with van der Waals surface area (Å²) in [6, 6.07) is 6.52. The van der Waals surface area contributed by atoms with Crippen LogP contribution in [0.4, 0.5) is 10.5 Å². The fraction of sp³-hybridized carbons (Fsp3) is 0.444. The second-order valence-corrected chi connectivity index (χ2v) is 5.54. The van der Waals surface area contributed by atoms with Crippen LogP contribution < -0.4 is 15.5 Å². The number of anilines is 1. The lowest BCUT2D eigenvalue weighted by Crippen LogP contribution is -3.14. The predicted molar refractivity (Wildman–Crippen MR) is 97.4 cm³/mol. The Labute approximate surface area is 158 Å². The molecule has 1 unspecified atom stereocenters. The van der Waals surface area contributed by atoms with Crippen molar-refractivity contribution in [3.8, 4) is 0 Å². The Bertz CT molecular complexity index is 677. The van der Waals surface area contributed by atoms with Gasteiger partial charge in [-0.1, -0.05) is 12.1 Å². The van der Waals surface area contributed by atoms with Gasteiger partial charge in [-0.15, -0.1) is 0 Å². The van der Waals surface area contributed by atoms with Gasteiger partial charge in [-0.2, -0.15) is 0 Å². The van der Waals surface area contributed by atoms with E-state index in [1.54, 1.807) is 38.1 Å². The number of esters is 1. The third kappa shape index (κ3) is 7.87. The van der Waals surface area contributed by atoms with Gasteiger partial charge in [-0.25, -0.2) is 9.59 Å². The summed E-state index contributed by atoms with van der Waals surface area (Å²) in [6.07, 6.45) is -0.814. The van der Waals surface area contributed by atoms with E-state index in [0.29, 0.717) is 17.1 Å². The van der Waals surface area contributed by atoms with E-state index in [-0.39, 0.29) is 37.8 Å². The molecule has 0 saturated heterocycles. The van der Waals surface area contributed by atoms with Crippen LogP contribution in [0.3, 0.4) is 0 Å². The number of carbonyl (C=O) groups is 4. The van der Waals surface area contributed by atoms with Gasteiger partial charge in [0.05, 0.1) is 31.0 Å². The first-order valence-corrected chi connectivity index (χ1v) is 8.77. The largest absolute Gasteiger partial charge is 0.462 e. The van der Waals surface area contributed by atoms with Crippen LogP contribution in [0, 0.1) is 0 Å². The number of rotatable bonds is 9. The first-order valence-electron chi connectivity index (χ1n) is 8.77. The highest BCUT2D eigenvalue weighted by Crippen LogP contribution is 2.15. The summed E-state index contributed by atoms with van der Waals surface area (Å²) in [5.41, 5.74) is 0.596. The highest BCUT2D eigenvalue weighted by Gasteiger charge is 2.20. The lowest BCUT2D eigenvalue weighted by molar-refractivity contribution is -0.881. The number of likely N-dealkylation sites (N-methyl/N-ethyl adjacent to an activating group) is 1. The van der Waals surface area contributed by atoms with E-state index in [9.17, 15) is 19.2 Å². The molecule has 3 amide bonds. The monoisotopic (exact) mass is 380 g/mol. The molecule has 0 heterocycles. The number of para-hydroxylation sites is 1. The number of carbonyl (C=O) groups excluding carboxylic acids is 4. The lowest BCUT2D eigenvalue weighted by Gasteiger charge is -2.17. The number of ether oxygens (including phenoxy) is 2. The topological polar surface area (TPSA) is 115 Å². The lowest BCUT2D eigenvalue weighted by atomic mass is 10.2. The Kier molecular flexibility index (Phi) is 9.52. The van der Waals surface area contributed by atoms with Crippen LogP contribution in [0.25, 0.3) is 0 Å². The number of amides is 3. The summed E-state index contributed by atoms with van der Waals surface area (Å²) in [5.74, 6) is -1.43.